The SMILES string of the molecule is CC(C)(C)OC(=O)NCC(CCOS(C)(=O)=O)c1ccc(Cl)c(Cl)c1. The largest absolute Gasteiger partial charge is 0.444 e. The number of hydrogen-bond acceptors (Lipinski definition) is 5. The first-order valence-corrected chi connectivity index (χ1v) is 10.2. The number of ether oxygens (including phenoxy) is 1. The summed E-state index contributed by atoms with van der Waals surface area (Å²) in [5.41, 5.74) is 0.199. The van der Waals surface area contributed by atoms with Crippen molar-refractivity contribution in [3.8, 4) is 0 Å². The highest BCUT2D eigenvalue weighted by Crippen LogP contribution is 2.28. The average molecular weight is 412 g/mol. The van der Waals surface area contributed by atoms with Gasteiger partial charge < -0.3 is 10.1 Å². The van der Waals surface area contributed by atoms with E-state index < -0.39 is 21.8 Å². The van der Waals surface area contributed by atoms with Crippen LogP contribution in [0.25, 0.3) is 0 Å². The van der Waals surface area contributed by atoms with Gasteiger partial charge in [0.2, 0.25) is 0 Å². The van der Waals surface area contributed by atoms with E-state index in [9.17, 15) is 13.2 Å². The summed E-state index contributed by atoms with van der Waals surface area (Å²) in [7, 11) is -3.53. The first kappa shape index (κ1) is 22.0. The fourth-order valence-corrected chi connectivity index (χ4v) is 2.72. The molecule has 1 N–H and O–H groups in total. The number of nitrogens with one attached hydrogen (secondary N) is 1. The quantitative estimate of drug-likeness (QED) is 0.686. The molecule has 1 rings (SSSR count). The Morgan fingerprint density at radius 2 is 1.88 bits per heavy atom. The number of rotatable bonds is 7. The molecule has 0 aliphatic rings. The third kappa shape index (κ3) is 9.30. The van der Waals surface area contributed by atoms with E-state index in [0.29, 0.717) is 16.5 Å². The third-order valence-electron chi connectivity index (χ3n) is 3.07. The Balaban J connectivity index is 2.80. The number of carbonyl (C=O) groups excluding carboxylic acids is 1. The number of halogens is 2. The van der Waals surface area contributed by atoms with Crippen molar-refractivity contribution in [2.24, 2.45) is 0 Å². The normalized spacial score (nSPS) is 13.4. The molecule has 0 saturated carbocycles. The summed E-state index contributed by atoms with van der Waals surface area (Å²) in [6.07, 6.45) is 0.794. The highest BCUT2D eigenvalue weighted by Gasteiger charge is 2.19. The second-order valence-corrected chi connectivity index (χ2v) is 9.03. The summed E-state index contributed by atoms with van der Waals surface area (Å²) in [4.78, 5) is 11.8. The Morgan fingerprint density at radius 1 is 1.24 bits per heavy atom. The first-order valence-electron chi connectivity index (χ1n) is 7.63. The highest BCUT2D eigenvalue weighted by molar-refractivity contribution is 7.85. The highest BCUT2D eigenvalue weighted by atomic mass is 35.5. The summed E-state index contributed by atoms with van der Waals surface area (Å²) in [5.74, 6) is -0.218. The maximum Gasteiger partial charge on any atom is 0.407 e. The zero-order valence-corrected chi connectivity index (χ0v) is 17.0. The molecule has 0 aromatic heterocycles. The van der Waals surface area contributed by atoms with E-state index in [1.165, 1.54) is 0 Å². The van der Waals surface area contributed by atoms with E-state index in [1.54, 1.807) is 39.0 Å². The van der Waals surface area contributed by atoms with Crippen LogP contribution < -0.4 is 5.32 Å². The zero-order chi connectivity index (χ0) is 19.3. The molecule has 25 heavy (non-hydrogen) atoms. The third-order valence-corrected chi connectivity index (χ3v) is 4.40. The van der Waals surface area contributed by atoms with Crippen molar-refractivity contribution >= 4 is 39.4 Å². The lowest BCUT2D eigenvalue weighted by atomic mass is 9.96. The summed E-state index contributed by atoms with van der Waals surface area (Å²) < 4.78 is 32.2. The van der Waals surface area contributed by atoms with Crippen molar-refractivity contribution < 1.29 is 22.1 Å². The molecule has 0 aliphatic heterocycles. The Hall–Kier alpha value is -1.02. The zero-order valence-electron chi connectivity index (χ0n) is 14.6. The summed E-state index contributed by atoms with van der Waals surface area (Å²) >= 11 is 12.0. The summed E-state index contributed by atoms with van der Waals surface area (Å²) in [6, 6.07) is 5.11. The van der Waals surface area contributed by atoms with Crippen LogP contribution in [-0.2, 0) is 19.0 Å². The van der Waals surface area contributed by atoms with Gasteiger partial charge in [-0.2, -0.15) is 8.42 Å². The van der Waals surface area contributed by atoms with Gasteiger partial charge in [-0.1, -0.05) is 29.3 Å². The van der Waals surface area contributed by atoms with Crippen LogP contribution in [0.15, 0.2) is 18.2 Å². The van der Waals surface area contributed by atoms with Gasteiger partial charge in [0.25, 0.3) is 10.1 Å². The van der Waals surface area contributed by atoms with Crippen LogP contribution in [0.3, 0.4) is 0 Å². The monoisotopic (exact) mass is 411 g/mol. The van der Waals surface area contributed by atoms with E-state index in [2.05, 4.69) is 5.32 Å². The van der Waals surface area contributed by atoms with Crippen LogP contribution in [0.1, 0.15) is 38.7 Å². The number of carbonyl (C=O) groups is 1. The standard InChI is InChI=1S/C16H23Cl2NO5S/c1-16(2,3)24-15(20)19-10-12(7-8-23-25(4,21)22)11-5-6-13(17)14(18)9-11/h5-6,9,12H,7-8,10H2,1-4H3,(H,19,20). The van der Waals surface area contributed by atoms with E-state index in [-0.39, 0.29) is 19.1 Å². The molecule has 0 bridgehead atoms. The molecule has 6 nitrogen and oxygen atoms in total. The Bertz CT molecular complexity index is 701. The van der Waals surface area contributed by atoms with Crippen molar-refractivity contribution in [2.45, 2.75) is 38.7 Å². The van der Waals surface area contributed by atoms with Crippen molar-refractivity contribution in [1.29, 1.82) is 0 Å². The molecule has 0 aliphatic carbocycles. The van der Waals surface area contributed by atoms with Gasteiger partial charge in [0.05, 0.1) is 22.9 Å². The van der Waals surface area contributed by atoms with Gasteiger partial charge in [-0.05, 0) is 44.9 Å². The fraction of sp³-hybridized carbons (Fsp3) is 0.562. The molecule has 1 atom stereocenters. The molecule has 0 radical (unpaired) electrons. The molecule has 1 unspecified atom stereocenters. The number of hydrogen-bond donors (Lipinski definition) is 1. The second-order valence-electron chi connectivity index (χ2n) is 6.57. The van der Waals surface area contributed by atoms with Gasteiger partial charge >= 0.3 is 6.09 Å². The minimum atomic E-state index is -3.53. The molecule has 0 saturated heterocycles. The minimum absolute atomic E-state index is 0.0141. The van der Waals surface area contributed by atoms with Crippen LogP contribution in [0, 0.1) is 0 Å². The molecular formula is C16H23Cl2NO5S. The lowest BCUT2D eigenvalue weighted by Crippen LogP contribution is -2.35. The molecule has 1 aromatic rings. The summed E-state index contributed by atoms with van der Waals surface area (Å²) in [5, 5.41) is 3.47. The van der Waals surface area contributed by atoms with Crippen LogP contribution in [0.2, 0.25) is 10.0 Å². The molecule has 1 amide bonds. The molecule has 9 heteroatoms. The van der Waals surface area contributed by atoms with Gasteiger partial charge in [0, 0.05) is 12.5 Å². The lowest BCUT2D eigenvalue weighted by Gasteiger charge is -2.22. The number of alkyl carbamates (subject to hydrolysis) is 1. The predicted molar refractivity (Wildman–Crippen MR) is 98.9 cm³/mol. The van der Waals surface area contributed by atoms with Crippen molar-refractivity contribution in [2.75, 3.05) is 19.4 Å². The number of amides is 1. The summed E-state index contributed by atoms with van der Waals surface area (Å²) in [6.45, 7) is 5.52. The minimum Gasteiger partial charge on any atom is -0.444 e. The van der Waals surface area contributed by atoms with Gasteiger partial charge in [0.15, 0.2) is 0 Å². The molecule has 142 valence electrons. The average Bonchev–Trinajstić information content (AvgIpc) is 2.42. The van der Waals surface area contributed by atoms with E-state index in [0.717, 1.165) is 11.8 Å². The topological polar surface area (TPSA) is 81.7 Å². The Morgan fingerprint density at radius 3 is 2.40 bits per heavy atom. The lowest BCUT2D eigenvalue weighted by molar-refractivity contribution is 0.0523. The van der Waals surface area contributed by atoms with E-state index in [1.807, 2.05) is 0 Å². The Labute approximate surface area is 158 Å². The van der Waals surface area contributed by atoms with Crippen molar-refractivity contribution in [3.63, 3.8) is 0 Å². The van der Waals surface area contributed by atoms with Crippen molar-refractivity contribution in [1.82, 2.24) is 5.32 Å². The molecule has 0 spiro atoms. The van der Waals surface area contributed by atoms with Gasteiger partial charge in [-0.25, -0.2) is 4.79 Å². The van der Waals surface area contributed by atoms with Gasteiger partial charge in [0.1, 0.15) is 5.60 Å². The molecule has 0 heterocycles. The smallest absolute Gasteiger partial charge is 0.407 e. The first-order chi connectivity index (χ1) is 11.4. The van der Waals surface area contributed by atoms with Gasteiger partial charge in [-0.3, -0.25) is 4.18 Å². The predicted octanol–water partition coefficient (Wildman–Crippen LogP) is 3.97. The fourth-order valence-electron chi connectivity index (χ4n) is 2.02. The molecular weight excluding hydrogens is 389 g/mol. The Kier molecular flexibility index (Phi) is 7.99. The van der Waals surface area contributed by atoms with Crippen LogP contribution in [0.5, 0.6) is 0 Å². The van der Waals surface area contributed by atoms with E-state index >= 15 is 0 Å². The van der Waals surface area contributed by atoms with Gasteiger partial charge in [-0.15, -0.1) is 0 Å². The molecule has 1 aromatic carbocycles. The number of benzene rings is 1. The van der Waals surface area contributed by atoms with Crippen LogP contribution >= 0.6 is 23.2 Å². The van der Waals surface area contributed by atoms with E-state index in [4.69, 9.17) is 32.1 Å². The van der Waals surface area contributed by atoms with Crippen LogP contribution in [-0.4, -0.2) is 39.5 Å². The van der Waals surface area contributed by atoms with Crippen molar-refractivity contribution in [3.05, 3.63) is 33.8 Å². The maximum absolute atomic E-state index is 11.8. The maximum atomic E-state index is 11.8. The molecule has 0 fully saturated rings. The van der Waals surface area contributed by atoms with Crippen LogP contribution in [0.4, 0.5) is 4.79 Å². The second kappa shape index (κ2) is 9.07.